The molecule has 0 amide bonds. The van der Waals surface area contributed by atoms with Crippen molar-refractivity contribution in [1.29, 1.82) is 0 Å². The van der Waals surface area contributed by atoms with E-state index in [1.54, 1.807) is 18.2 Å². The number of aromatic carboxylic acids is 1. The summed E-state index contributed by atoms with van der Waals surface area (Å²) in [5.41, 5.74) is 6.32. The van der Waals surface area contributed by atoms with Crippen LogP contribution in [0, 0.1) is 50.7 Å². The summed E-state index contributed by atoms with van der Waals surface area (Å²) in [6, 6.07) is 15.5. The molecule has 8 atom stereocenters. The molecule has 7 rings (SSSR count). The molecule has 2 aromatic rings. The van der Waals surface area contributed by atoms with Gasteiger partial charge in [0.25, 0.3) is 0 Å². The van der Waals surface area contributed by atoms with Crippen molar-refractivity contribution in [2.45, 2.75) is 112 Å². The molecule has 5 aliphatic rings. The van der Waals surface area contributed by atoms with Gasteiger partial charge in [-0.1, -0.05) is 77.5 Å². The third-order valence-corrected chi connectivity index (χ3v) is 16.0. The second-order valence-electron chi connectivity index (χ2n) is 18.5. The number of methoxy groups -OCH3 is 1. The second-order valence-corrected chi connectivity index (χ2v) is 18.5. The number of allylic oxidation sites excluding steroid dienone is 3. The van der Waals surface area contributed by atoms with Gasteiger partial charge in [0.15, 0.2) is 0 Å². The maximum absolute atomic E-state index is 11.8. The van der Waals surface area contributed by atoms with Crippen LogP contribution in [0.4, 0.5) is 0 Å². The summed E-state index contributed by atoms with van der Waals surface area (Å²) < 4.78 is 4.86. The van der Waals surface area contributed by atoms with Gasteiger partial charge in [0.1, 0.15) is 0 Å². The van der Waals surface area contributed by atoms with Crippen LogP contribution in [-0.2, 0) is 11.2 Å². The average molecular weight is 708 g/mol. The smallest absolute Gasteiger partial charge is 0.337 e. The highest BCUT2D eigenvalue weighted by Gasteiger charge is 2.69. The predicted octanol–water partition coefficient (Wildman–Crippen LogP) is 11.0. The lowest BCUT2D eigenvalue weighted by Crippen LogP contribution is -2.65. The highest BCUT2D eigenvalue weighted by Crippen LogP contribution is 2.77. The van der Waals surface area contributed by atoms with Gasteiger partial charge >= 0.3 is 11.9 Å². The molecule has 2 N–H and O–H groups in total. The summed E-state index contributed by atoms with van der Waals surface area (Å²) in [7, 11) is 1.43. The van der Waals surface area contributed by atoms with Crippen molar-refractivity contribution in [2.75, 3.05) is 20.2 Å². The third kappa shape index (κ3) is 6.31. The van der Waals surface area contributed by atoms with Gasteiger partial charge in [-0.3, -0.25) is 0 Å². The van der Waals surface area contributed by atoms with Crippen molar-refractivity contribution in [1.82, 2.24) is 5.32 Å². The fourth-order valence-corrected chi connectivity index (χ4v) is 13.4. The topological polar surface area (TPSA) is 75.6 Å². The zero-order valence-corrected chi connectivity index (χ0v) is 33.2. The van der Waals surface area contributed by atoms with E-state index in [1.165, 1.54) is 81.6 Å². The Bertz CT molecular complexity index is 1660. The molecule has 5 heteroatoms. The Balaban J connectivity index is 0.00000150. The zero-order chi connectivity index (χ0) is 37.5. The number of ether oxygens (including phenoxy) is 1. The van der Waals surface area contributed by atoms with Crippen LogP contribution in [0.2, 0.25) is 0 Å². The molecule has 0 bridgehead atoms. The largest absolute Gasteiger partial charge is 0.478 e. The molecule has 4 saturated carbocycles. The molecule has 0 radical (unpaired) electrons. The molecule has 52 heavy (non-hydrogen) atoms. The number of hydrogen-bond donors (Lipinski definition) is 2. The van der Waals surface area contributed by atoms with Crippen molar-refractivity contribution >= 4 is 17.5 Å². The van der Waals surface area contributed by atoms with Gasteiger partial charge in [-0.25, -0.2) is 9.59 Å². The SMILES string of the molecule is C=CC.COC(=O)c1ccc(CCNCC23CCCC2C2CCC4C5(C)CC=C(c6ccc(C(=O)O)cc6)C(C)(C)C5CCC4(C)[C@]2(C)CC3)cc1. The summed E-state index contributed by atoms with van der Waals surface area (Å²) >= 11 is 0. The van der Waals surface area contributed by atoms with E-state index in [9.17, 15) is 14.7 Å². The van der Waals surface area contributed by atoms with Crippen LogP contribution in [0.1, 0.15) is 138 Å². The molecule has 4 fully saturated rings. The Labute approximate surface area is 314 Å². The Hall–Kier alpha value is -3.18. The molecule has 0 spiro atoms. The van der Waals surface area contributed by atoms with E-state index < -0.39 is 5.97 Å². The molecule has 0 aliphatic heterocycles. The fourth-order valence-electron chi connectivity index (χ4n) is 13.4. The van der Waals surface area contributed by atoms with Crippen molar-refractivity contribution < 1.29 is 19.4 Å². The van der Waals surface area contributed by atoms with Gasteiger partial charge in [0, 0.05) is 6.54 Å². The predicted molar refractivity (Wildman–Crippen MR) is 212 cm³/mol. The van der Waals surface area contributed by atoms with E-state index in [2.05, 4.69) is 64.7 Å². The maximum Gasteiger partial charge on any atom is 0.337 e. The lowest BCUT2D eigenvalue weighted by molar-refractivity contribution is -0.222. The molecule has 0 saturated heterocycles. The van der Waals surface area contributed by atoms with Crippen molar-refractivity contribution in [3.05, 3.63) is 89.5 Å². The van der Waals surface area contributed by atoms with Gasteiger partial charge < -0.3 is 15.2 Å². The highest BCUT2D eigenvalue weighted by atomic mass is 16.5. The van der Waals surface area contributed by atoms with Crippen molar-refractivity contribution in [2.24, 2.45) is 50.7 Å². The molecule has 0 heterocycles. The lowest BCUT2D eigenvalue weighted by Gasteiger charge is -2.72. The van der Waals surface area contributed by atoms with E-state index in [0.29, 0.717) is 33.3 Å². The number of nitrogens with one attached hydrogen (secondary N) is 1. The number of benzene rings is 2. The van der Waals surface area contributed by atoms with E-state index in [1.807, 2.05) is 31.2 Å². The van der Waals surface area contributed by atoms with E-state index in [4.69, 9.17) is 4.74 Å². The second kappa shape index (κ2) is 14.6. The first-order valence-corrected chi connectivity index (χ1v) is 20.2. The standard InChI is InChI=1S/C44H59NO4.C3H6/c1-40(2)33(30-13-15-31(16-14-30)38(46)47)19-23-41(3)36(40)20-24-43(5)37(41)18-17-34-35-8-7-22-44(35,26-25-42(34,43)4)28-45-27-21-29-9-11-32(12-10-29)39(48)49-6;1-3-2/h9-16,19,34-37,45H,7-8,17-18,20-28H2,1-6H3,(H,46,47);3H,1H2,2H3/t34?,35?,36?,37?,41?,42-,43?,44?;/m1./s1. The lowest BCUT2D eigenvalue weighted by atomic mass is 9.32. The minimum atomic E-state index is -0.860. The van der Waals surface area contributed by atoms with Gasteiger partial charge in [0.05, 0.1) is 18.2 Å². The first-order chi connectivity index (χ1) is 24.7. The summed E-state index contributed by atoms with van der Waals surface area (Å²) in [5.74, 6) is 1.84. The van der Waals surface area contributed by atoms with E-state index >= 15 is 0 Å². The number of esters is 1. The van der Waals surface area contributed by atoms with E-state index in [-0.39, 0.29) is 16.8 Å². The van der Waals surface area contributed by atoms with Crippen LogP contribution in [-0.4, -0.2) is 37.2 Å². The number of carbonyl (C=O) groups is 2. The number of carboxylic acid groups (broad SMARTS) is 1. The van der Waals surface area contributed by atoms with Crippen molar-refractivity contribution in [3.63, 3.8) is 0 Å². The number of hydrogen-bond acceptors (Lipinski definition) is 4. The number of carboxylic acids is 1. The van der Waals surface area contributed by atoms with Crippen LogP contribution in [0.3, 0.4) is 0 Å². The number of rotatable bonds is 8. The maximum atomic E-state index is 11.8. The Morgan fingerprint density at radius 3 is 2.17 bits per heavy atom. The van der Waals surface area contributed by atoms with E-state index in [0.717, 1.165) is 43.7 Å². The first kappa shape index (κ1) is 38.5. The summed E-state index contributed by atoms with van der Waals surface area (Å²) in [4.78, 5) is 23.4. The van der Waals surface area contributed by atoms with Crippen LogP contribution in [0.5, 0.6) is 0 Å². The third-order valence-electron chi connectivity index (χ3n) is 16.0. The van der Waals surface area contributed by atoms with Gasteiger partial charge in [-0.2, -0.15) is 0 Å². The molecule has 5 nitrogen and oxygen atoms in total. The van der Waals surface area contributed by atoms with Crippen LogP contribution in [0.15, 0.2) is 67.3 Å². The fraction of sp³-hybridized carbons (Fsp3) is 0.617. The minimum absolute atomic E-state index is 0.0407. The Morgan fingerprint density at radius 1 is 0.846 bits per heavy atom. The summed E-state index contributed by atoms with van der Waals surface area (Å²) in [5, 5.41) is 13.4. The molecule has 2 aromatic carbocycles. The van der Waals surface area contributed by atoms with Gasteiger partial charge in [-0.15, -0.1) is 6.58 Å². The molecule has 282 valence electrons. The molecule has 7 unspecified atom stereocenters. The average Bonchev–Trinajstić information content (AvgIpc) is 3.55. The Kier molecular flexibility index (Phi) is 10.8. The van der Waals surface area contributed by atoms with Gasteiger partial charge in [-0.05, 0) is 169 Å². The molecular weight excluding hydrogens is 643 g/mol. The summed E-state index contributed by atoms with van der Waals surface area (Å²) in [6.45, 7) is 20.4. The number of carbonyl (C=O) groups excluding carboxylic acids is 1. The molecular formula is C47H65NO4. The Morgan fingerprint density at radius 2 is 1.52 bits per heavy atom. The van der Waals surface area contributed by atoms with Crippen molar-refractivity contribution in [3.8, 4) is 0 Å². The zero-order valence-electron chi connectivity index (χ0n) is 33.2. The van der Waals surface area contributed by atoms with Gasteiger partial charge in [0.2, 0.25) is 0 Å². The molecule has 0 aromatic heterocycles. The minimum Gasteiger partial charge on any atom is -0.478 e. The summed E-state index contributed by atoms with van der Waals surface area (Å²) in [6.07, 6.45) is 18.6. The number of fused-ring (bicyclic) bond motifs is 7. The first-order valence-electron chi connectivity index (χ1n) is 20.2. The normalized spacial score (nSPS) is 35.6. The van der Waals surface area contributed by atoms with Crippen LogP contribution >= 0.6 is 0 Å². The molecule has 5 aliphatic carbocycles. The monoisotopic (exact) mass is 707 g/mol. The quantitative estimate of drug-likeness (QED) is 0.162. The van der Waals surface area contributed by atoms with Crippen LogP contribution < -0.4 is 5.32 Å². The highest BCUT2D eigenvalue weighted by molar-refractivity contribution is 5.89. The van der Waals surface area contributed by atoms with Crippen LogP contribution in [0.25, 0.3) is 5.57 Å².